The van der Waals surface area contributed by atoms with Crippen molar-refractivity contribution in [1.29, 1.82) is 0 Å². The third kappa shape index (κ3) is 3.55. The van der Waals surface area contributed by atoms with Crippen molar-refractivity contribution in [3.05, 3.63) is 0 Å². The smallest absolute Gasteiger partial charge is 0.228 e. The molecule has 1 heterocycles. The predicted molar refractivity (Wildman–Crippen MR) is 94.7 cm³/mol. The van der Waals surface area contributed by atoms with E-state index in [-0.39, 0.29) is 34.4 Å². The van der Waals surface area contributed by atoms with Crippen molar-refractivity contribution in [3.8, 4) is 0 Å². The van der Waals surface area contributed by atoms with Crippen LogP contribution in [-0.2, 0) is 14.0 Å². The van der Waals surface area contributed by atoms with Gasteiger partial charge in [0.15, 0.2) is 8.32 Å². The SMILES string of the molecule is C[C@@H](O[Si](C)(C)C(C)(C)C)C1C(=O)NC1C1(C)CCC(=O)CC1. The summed E-state index contributed by atoms with van der Waals surface area (Å²) in [6.07, 6.45) is 2.98. The molecule has 0 aromatic heterocycles. The van der Waals surface area contributed by atoms with E-state index in [1.807, 2.05) is 6.92 Å². The third-order valence-electron chi connectivity index (χ3n) is 6.45. The van der Waals surface area contributed by atoms with Crippen LogP contribution in [0, 0.1) is 11.3 Å². The lowest BCUT2D eigenvalue weighted by atomic mass is 9.62. The fourth-order valence-corrected chi connectivity index (χ4v) is 5.04. The summed E-state index contributed by atoms with van der Waals surface area (Å²) in [5, 5.41) is 3.25. The number of rotatable bonds is 4. The molecular weight excluding hydrogens is 306 g/mol. The van der Waals surface area contributed by atoms with E-state index in [2.05, 4.69) is 46.1 Å². The molecule has 1 amide bonds. The number of Topliss-reactive ketones (excluding diaryl/α,β-unsaturated/α-hetero) is 1. The number of carbonyl (C=O) groups is 2. The molecule has 0 bridgehead atoms. The van der Waals surface area contributed by atoms with Gasteiger partial charge in [-0.1, -0.05) is 27.7 Å². The van der Waals surface area contributed by atoms with E-state index in [1.165, 1.54) is 0 Å². The highest BCUT2D eigenvalue weighted by Crippen LogP contribution is 2.46. The van der Waals surface area contributed by atoms with Gasteiger partial charge in [0.2, 0.25) is 5.91 Å². The van der Waals surface area contributed by atoms with Gasteiger partial charge >= 0.3 is 0 Å². The van der Waals surface area contributed by atoms with Gasteiger partial charge in [-0.2, -0.15) is 0 Å². The van der Waals surface area contributed by atoms with Gasteiger partial charge in [-0.05, 0) is 43.3 Å². The monoisotopic (exact) mass is 339 g/mol. The molecule has 1 saturated carbocycles. The van der Waals surface area contributed by atoms with Crippen molar-refractivity contribution in [2.45, 2.75) is 90.6 Å². The summed E-state index contributed by atoms with van der Waals surface area (Å²) in [5.41, 5.74) is 0.0253. The molecule has 2 rings (SSSR count). The number of ketones is 1. The van der Waals surface area contributed by atoms with E-state index in [0.29, 0.717) is 18.6 Å². The van der Waals surface area contributed by atoms with Gasteiger partial charge in [0.1, 0.15) is 5.78 Å². The molecule has 5 heteroatoms. The molecule has 1 saturated heterocycles. The number of β-lactam (4-membered cyclic amide) rings is 1. The molecule has 132 valence electrons. The van der Waals surface area contributed by atoms with Crippen LogP contribution in [0.5, 0.6) is 0 Å². The molecule has 1 aliphatic carbocycles. The quantitative estimate of drug-likeness (QED) is 0.628. The standard InChI is InChI=1S/C18H33NO3Si/c1-12(22-23(6,7)17(2,3)4)14-15(19-16(14)21)18(5)10-8-13(20)9-11-18/h12,14-15H,8-11H2,1-7H3,(H,19,21)/t12-,14?,15?/m1/s1. The largest absolute Gasteiger partial charge is 0.413 e. The normalized spacial score (nSPS) is 29.7. The lowest BCUT2D eigenvalue weighted by Crippen LogP contribution is -2.69. The number of nitrogens with one attached hydrogen (secondary N) is 1. The molecule has 0 spiro atoms. The van der Waals surface area contributed by atoms with Gasteiger partial charge in [0.25, 0.3) is 0 Å². The molecule has 23 heavy (non-hydrogen) atoms. The summed E-state index contributed by atoms with van der Waals surface area (Å²) >= 11 is 0. The number of carbonyl (C=O) groups excluding carboxylic acids is 2. The summed E-state index contributed by atoms with van der Waals surface area (Å²) in [7, 11) is -1.89. The van der Waals surface area contributed by atoms with Gasteiger partial charge in [-0.3, -0.25) is 9.59 Å². The van der Waals surface area contributed by atoms with E-state index in [0.717, 1.165) is 12.8 Å². The fraction of sp³-hybridized carbons (Fsp3) is 0.889. The van der Waals surface area contributed by atoms with Crippen LogP contribution >= 0.6 is 0 Å². The second-order valence-electron chi connectivity index (χ2n) is 9.29. The highest BCUT2D eigenvalue weighted by Gasteiger charge is 2.54. The molecule has 0 radical (unpaired) electrons. The van der Waals surface area contributed by atoms with Crippen molar-refractivity contribution in [2.24, 2.45) is 11.3 Å². The minimum Gasteiger partial charge on any atom is -0.413 e. The van der Waals surface area contributed by atoms with Crippen LogP contribution in [0.15, 0.2) is 0 Å². The van der Waals surface area contributed by atoms with Gasteiger partial charge in [0, 0.05) is 18.9 Å². The maximum Gasteiger partial charge on any atom is 0.228 e. The second kappa shape index (κ2) is 5.99. The summed E-state index contributed by atoms with van der Waals surface area (Å²) < 4.78 is 6.47. The zero-order chi connectivity index (χ0) is 17.6. The first-order chi connectivity index (χ1) is 10.4. The van der Waals surface area contributed by atoms with Gasteiger partial charge in [-0.15, -0.1) is 0 Å². The van der Waals surface area contributed by atoms with Crippen LogP contribution in [-0.4, -0.2) is 32.2 Å². The minimum atomic E-state index is -1.89. The zero-order valence-electron chi connectivity index (χ0n) is 15.8. The second-order valence-corrected chi connectivity index (χ2v) is 14.0. The number of hydrogen-bond donors (Lipinski definition) is 1. The van der Waals surface area contributed by atoms with Gasteiger partial charge < -0.3 is 9.74 Å². The van der Waals surface area contributed by atoms with Crippen LogP contribution in [0.1, 0.15) is 60.3 Å². The van der Waals surface area contributed by atoms with Crippen LogP contribution in [0.2, 0.25) is 18.1 Å². The first-order valence-electron chi connectivity index (χ1n) is 8.87. The molecule has 0 aromatic carbocycles. The van der Waals surface area contributed by atoms with E-state index < -0.39 is 8.32 Å². The predicted octanol–water partition coefficient (Wildman–Crippen LogP) is 3.66. The molecule has 3 atom stereocenters. The Morgan fingerprint density at radius 2 is 1.74 bits per heavy atom. The molecule has 2 unspecified atom stereocenters. The Hall–Kier alpha value is -0.683. The van der Waals surface area contributed by atoms with Crippen LogP contribution < -0.4 is 5.32 Å². The molecule has 1 N–H and O–H groups in total. The maximum absolute atomic E-state index is 12.2. The molecule has 1 aliphatic heterocycles. The van der Waals surface area contributed by atoms with Crippen molar-refractivity contribution >= 4 is 20.0 Å². The summed E-state index contributed by atoms with van der Waals surface area (Å²) in [4.78, 5) is 23.8. The zero-order valence-corrected chi connectivity index (χ0v) is 16.8. The van der Waals surface area contributed by atoms with Gasteiger partial charge in [0.05, 0.1) is 12.0 Å². The average Bonchev–Trinajstić information content (AvgIpc) is 2.37. The molecule has 2 fully saturated rings. The Morgan fingerprint density at radius 3 is 2.17 bits per heavy atom. The Labute approximate surface area is 141 Å². The minimum absolute atomic E-state index is 0.0253. The Balaban J connectivity index is 2.09. The van der Waals surface area contributed by atoms with Crippen molar-refractivity contribution in [3.63, 3.8) is 0 Å². The lowest BCUT2D eigenvalue weighted by Gasteiger charge is -2.52. The fourth-order valence-electron chi connectivity index (χ4n) is 3.61. The first-order valence-corrected chi connectivity index (χ1v) is 11.8. The highest BCUT2D eigenvalue weighted by atomic mass is 28.4. The maximum atomic E-state index is 12.2. The summed E-state index contributed by atoms with van der Waals surface area (Å²) in [6.45, 7) is 15.4. The van der Waals surface area contributed by atoms with Crippen LogP contribution in [0.3, 0.4) is 0 Å². The Bertz CT molecular complexity index is 485. The molecule has 4 nitrogen and oxygen atoms in total. The molecule has 0 aromatic rings. The number of hydrogen-bond acceptors (Lipinski definition) is 3. The van der Waals surface area contributed by atoms with E-state index in [4.69, 9.17) is 4.43 Å². The third-order valence-corrected chi connectivity index (χ3v) is 11.0. The molecule has 2 aliphatic rings. The molecular formula is C18H33NO3Si. The number of amides is 1. The average molecular weight is 340 g/mol. The lowest BCUT2D eigenvalue weighted by molar-refractivity contribution is -0.147. The summed E-state index contributed by atoms with van der Waals surface area (Å²) in [6, 6.07) is 0.142. The first kappa shape index (κ1) is 18.7. The van der Waals surface area contributed by atoms with Gasteiger partial charge in [-0.25, -0.2) is 0 Å². The van der Waals surface area contributed by atoms with E-state index in [9.17, 15) is 9.59 Å². The van der Waals surface area contributed by atoms with E-state index in [1.54, 1.807) is 0 Å². The van der Waals surface area contributed by atoms with Crippen molar-refractivity contribution in [1.82, 2.24) is 5.32 Å². The summed E-state index contributed by atoms with van der Waals surface area (Å²) in [5.74, 6) is 0.386. The van der Waals surface area contributed by atoms with E-state index >= 15 is 0 Å². The van der Waals surface area contributed by atoms with Crippen LogP contribution in [0.4, 0.5) is 0 Å². The topological polar surface area (TPSA) is 55.4 Å². The van der Waals surface area contributed by atoms with Crippen molar-refractivity contribution < 1.29 is 14.0 Å². The Morgan fingerprint density at radius 1 is 1.22 bits per heavy atom. The van der Waals surface area contributed by atoms with Crippen LogP contribution in [0.25, 0.3) is 0 Å². The highest BCUT2D eigenvalue weighted by molar-refractivity contribution is 6.74. The Kier molecular flexibility index (Phi) is 4.86. The van der Waals surface area contributed by atoms with Crippen molar-refractivity contribution in [2.75, 3.05) is 0 Å².